The summed E-state index contributed by atoms with van der Waals surface area (Å²) in [6.45, 7) is 2.79. The molecular weight excluding hydrogens is 292 g/mol. The van der Waals surface area contributed by atoms with Gasteiger partial charge in [-0.05, 0) is 37.5 Å². The maximum atomic E-state index is 12.1. The van der Waals surface area contributed by atoms with Crippen LogP contribution in [0.15, 0.2) is 24.3 Å². The van der Waals surface area contributed by atoms with Crippen molar-refractivity contribution in [1.29, 1.82) is 0 Å². The van der Waals surface area contributed by atoms with Crippen LogP contribution < -0.4 is 5.32 Å². The summed E-state index contributed by atoms with van der Waals surface area (Å²) in [6, 6.07) is 7.02. The van der Waals surface area contributed by atoms with E-state index in [0.29, 0.717) is 31.0 Å². The van der Waals surface area contributed by atoms with Gasteiger partial charge in [0.15, 0.2) is 0 Å². The first-order valence-corrected chi connectivity index (χ1v) is 7.38. The van der Waals surface area contributed by atoms with E-state index in [9.17, 15) is 9.59 Å². The van der Waals surface area contributed by atoms with Crippen molar-refractivity contribution in [2.75, 3.05) is 13.1 Å². The van der Waals surface area contributed by atoms with E-state index in [1.54, 1.807) is 11.8 Å². The maximum absolute atomic E-state index is 12.1. The van der Waals surface area contributed by atoms with Crippen LogP contribution in [0.4, 0.5) is 4.79 Å². The Kier molecular flexibility index (Phi) is 5.07. The van der Waals surface area contributed by atoms with Gasteiger partial charge >= 0.3 is 12.0 Å². The molecule has 0 bridgehead atoms. The average molecular weight is 311 g/mol. The number of rotatable bonds is 4. The number of carbonyl (C=O) groups is 2. The second kappa shape index (κ2) is 6.80. The van der Waals surface area contributed by atoms with Gasteiger partial charge in [-0.15, -0.1) is 0 Å². The monoisotopic (exact) mass is 310 g/mol. The quantitative estimate of drug-likeness (QED) is 0.897. The Bertz CT molecular complexity index is 518. The number of aliphatic carboxylic acids is 1. The summed E-state index contributed by atoms with van der Waals surface area (Å²) in [7, 11) is 0. The smallest absolute Gasteiger partial charge is 0.317 e. The normalized spacial score (nSPS) is 21.3. The third kappa shape index (κ3) is 3.88. The molecule has 1 heterocycles. The van der Waals surface area contributed by atoms with Crippen LogP contribution in [-0.4, -0.2) is 41.1 Å². The number of carboxylic acid groups (broad SMARTS) is 1. The number of likely N-dealkylation sites (tertiary alicyclic amines) is 1. The molecule has 0 aliphatic carbocycles. The first-order valence-electron chi connectivity index (χ1n) is 7.00. The lowest BCUT2D eigenvalue weighted by molar-refractivity contribution is -0.142. The fourth-order valence-corrected chi connectivity index (χ4v) is 2.75. The number of amides is 2. The lowest BCUT2D eigenvalue weighted by atomic mass is 10.0. The van der Waals surface area contributed by atoms with Crippen molar-refractivity contribution in [3.05, 3.63) is 34.9 Å². The van der Waals surface area contributed by atoms with Gasteiger partial charge in [0.2, 0.25) is 0 Å². The summed E-state index contributed by atoms with van der Waals surface area (Å²) < 4.78 is 0. The molecule has 2 atom stereocenters. The predicted molar refractivity (Wildman–Crippen MR) is 80.5 cm³/mol. The number of nitrogens with zero attached hydrogens (tertiary/aromatic N) is 1. The van der Waals surface area contributed by atoms with Crippen LogP contribution in [0.25, 0.3) is 0 Å². The molecule has 0 radical (unpaired) electrons. The van der Waals surface area contributed by atoms with Crippen LogP contribution in [0.5, 0.6) is 0 Å². The molecule has 2 rings (SSSR count). The molecule has 0 saturated carbocycles. The minimum Gasteiger partial charge on any atom is -0.481 e. The van der Waals surface area contributed by atoms with Crippen LogP contribution in [0.1, 0.15) is 18.9 Å². The summed E-state index contributed by atoms with van der Waals surface area (Å²) in [5.41, 5.74) is 1.09. The van der Waals surface area contributed by atoms with Gasteiger partial charge in [-0.2, -0.15) is 0 Å². The summed E-state index contributed by atoms with van der Waals surface area (Å²) >= 11 is 5.81. The highest BCUT2D eigenvalue weighted by Gasteiger charge is 2.37. The Morgan fingerprint density at radius 3 is 2.62 bits per heavy atom. The molecular formula is C15H19ClN2O3. The van der Waals surface area contributed by atoms with Gasteiger partial charge in [-0.1, -0.05) is 23.7 Å². The van der Waals surface area contributed by atoms with Crippen LogP contribution in [-0.2, 0) is 11.2 Å². The first kappa shape index (κ1) is 15.6. The Morgan fingerprint density at radius 1 is 1.38 bits per heavy atom. The van der Waals surface area contributed by atoms with Gasteiger partial charge in [0.25, 0.3) is 0 Å². The number of carboxylic acids is 1. The van der Waals surface area contributed by atoms with Gasteiger partial charge in [0, 0.05) is 24.2 Å². The van der Waals surface area contributed by atoms with E-state index in [-0.39, 0.29) is 12.1 Å². The zero-order valence-electron chi connectivity index (χ0n) is 11.9. The fourth-order valence-electron chi connectivity index (χ4n) is 2.62. The topological polar surface area (TPSA) is 69.6 Å². The van der Waals surface area contributed by atoms with Crippen molar-refractivity contribution in [3.63, 3.8) is 0 Å². The SMILES string of the molecule is CC1C(C(=O)O)CCN1C(=O)NCCc1ccc(Cl)cc1. The maximum Gasteiger partial charge on any atom is 0.317 e. The van der Waals surface area contributed by atoms with Gasteiger partial charge in [0.05, 0.1) is 5.92 Å². The van der Waals surface area contributed by atoms with Crippen molar-refractivity contribution in [2.45, 2.75) is 25.8 Å². The number of urea groups is 1. The molecule has 114 valence electrons. The predicted octanol–water partition coefficient (Wildman–Crippen LogP) is 2.39. The molecule has 2 unspecified atom stereocenters. The van der Waals surface area contributed by atoms with Crippen molar-refractivity contribution < 1.29 is 14.7 Å². The van der Waals surface area contributed by atoms with E-state index < -0.39 is 11.9 Å². The molecule has 1 aliphatic rings. The first-order chi connectivity index (χ1) is 9.99. The van der Waals surface area contributed by atoms with Gasteiger partial charge in [0.1, 0.15) is 0 Å². The third-order valence-corrected chi connectivity index (χ3v) is 4.19. The molecule has 21 heavy (non-hydrogen) atoms. The van der Waals surface area contributed by atoms with E-state index in [1.807, 2.05) is 24.3 Å². The van der Waals surface area contributed by atoms with E-state index in [0.717, 1.165) is 5.56 Å². The van der Waals surface area contributed by atoms with E-state index >= 15 is 0 Å². The minimum atomic E-state index is -0.834. The zero-order chi connectivity index (χ0) is 15.4. The highest BCUT2D eigenvalue weighted by Crippen LogP contribution is 2.24. The highest BCUT2D eigenvalue weighted by atomic mass is 35.5. The minimum absolute atomic E-state index is 0.194. The van der Waals surface area contributed by atoms with Crippen LogP contribution in [0.2, 0.25) is 5.02 Å². The number of benzene rings is 1. The summed E-state index contributed by atoms with van der Waals surface area (Å²) in [4.78, 5) is 24.7. The third-order valence-electron chi connectivity index (χ3n) is 3.94. The molecule has 0 spiro atoms. The van der Waals surface area contributed by atoms with Crippen LogP contribution >= 0.6 is 11.6 Å². The number of hydrogen-bond donors (Lipinski definition) is 2. The van der Waals surface area contributed by atoms with Gasteiger partial charge in [-0.25, -0.2) is 4.79 Å². The van der Waals surface area contributed by atoms with E-state index in [4.69, 9.17) is 16.7 Å². The Balaban J connectivity index is 1.80. The zero-order valence-corrected chi connectivity index (χ0v) is 12.6. The van der Waals surface area contributed by atoms with Crippen molar-refractivity contribution in [1.82, 2.24) is 10.2 Å². The number of halogens is 1. The fraction of sp³-hybridized carbons (Fsp3) is 0.467. The number of nitrogens with one attached hydrogen (secondary N) is 1. The molecule has 6 heteroatoms. The van der Waals surface area contributed by atoms with Crippen LogP contribution in [0.3, 0.4) is 0 Å². The summed E-state index contributed by atoms with van der Waals surface area (Å²) in [6.07, 6.45) is 1.23. The molecule has 1 saturated heterocycles. The average Bonchev–Trinajstić information content (AvgIpc) is 2.83. The lowest BCUT2D eigenvalue weighted by Gasteiger charge is -2.23. The molecule has 1 aromatic carbocycles. The summed E-state index contributed by atoms with van der Waals surface area (Å²) in [5.74, 6) is -1.30. The highest BCUT2D eigenvalue weighted by molar-refractivity contribution is 6.30. The van der Waals surface area contributed by atoms with Crippen molar-refractivity contribution >= 4 is 23.6 Å². The Labute approximate surface area is 128 Å². The Morgan fingerprint density at radius 2 is 2.05 bits per heavy atom. The molecule has 1 aliphatic heterocycles. The molecule has 0 aromatic heterocycles. The molecule has 2 amide bonds. The number of hydrogen-bond acceptors (Lipinski definition) is 2. The molecule has 1 fully saturated rings. The van der Waals surface area contributed by atoms with Crippen molar-refractivity contribution in [3.8, 4) is 0 Å². The second-order valence-corrected chi connectivity index (χ2v) is 5.71. The molecule has 2 N–H and O–H groups in total. The van der Waals surface area contributed by atoms with Crippen LogP contribution in [0, 0.1) is 5.92 Å². The van der Waals surface area contributed by atoms with E-state index in [1.165, 1.54) is 0 Å². The van der Waals surface area contributed by atoms with Gasteiger partial charge in [-0.3, -0.25) is 4.79 Å². The second-order valence-electron chi connectivity index (χ2n) is 5.28. The molecule has 1 aromatic rings. The Hall–Kier alpha value is -1.75. The lowest BCUT2D eigenvalue weighted by Crippen LogP contribution is -2.44. The standard InChI is InChI=1S/C15H19ClN2O3/c1-10-13(14(19)20)7-9-18(10)15(21)17-8-6-11-2-4-12(16)5-3-11/h2-5,10,13H,6-9H2,1H3,(H,17,21)(H,19,20). The number of carbonyl (C=O) groups excluding carboxylic acids is 1. The summed E-state index contributed by atoms with van der Waals surface area (Å²) in [5, 5.41) is 12.6. The van der Waals surface area contributed by atoms with Crippen molar-refractivity contribution in [2.24, 2.45) is 5.92 Å². The van der Waals surface area contributed by atoms with E-state index in [2.05, 4.69) is 5.32 Å². The largest absolute Gasteiger partial charge is 0.481 e. The van der Waals surface area contributed by atoms with Gasteiger partial charge < -0.3 is 15.3 Å². The molecule has 5 nitrogen and oxygen atoms in total.